The maximum atomic E-state index is 11.8. The van der Waals surface area contributed by atoms with E-state index in [0.717, 1.165) is 26.2 Å². The predicted octanol–water partition coefficient (Wildman–Crippen LogP) is 0.514. The van der Waals surface area contributed by atoms with Crippen molar-refractivity contribution in [2.75, 3.05) is 26.2 Å². The van der Waals surface area contributed by atoms with Crippen LogP contribution in [0.2, 0.25) is 0 Å². The third-order valence-electron chi connectivity index (χ3n) is 4.20. The van der Waals surface area contributed by atoms with E-state index in [4.69, 9.17) is 0 Å². The standard InChI is InChI=1S/C14H18N2O2/c17-13(18)14(16-7-5-15-6-8-16)9-11-3-1-2-4-12(11)10-14/h1-4,15H,5-10H2,(H,17,18). The Morgan fingerprint density at radius 2 is 1.72 bits per heavy atom. The molecule has 0 amide bonds. The molecule has 4 heteroatoms. The summed E-state index contributed by atoms with van der Waals surface area (Å²) < 4.78 is 0. The molecule has 2 aliphatic rings. The molecule has 18 heavy (non-hydrogen) atoms. The Morgan fingerprint density at radius 3 is 2.22 bits per heavy atom. The quantitative estimate of drug-likeness (QED) is 0.798. The molecule has 0 saturated carbocycles. The predicted molar refractivity (Wildman–Crippen MR) is 68.7 cm³/mol. The van der Waals surface area contributed by atoms with E-state index in [1.807, 2.05) is 12.1 Å². The first kappa shape index (κ1) is 11.7. The van der Waals surface area contributed by atoms with Crippen LogP contribution in [0, 0.1) is 0 Å². The molecular weight excluding hydrogens is 228 g/mol. The summed E-state index contributed by atoms with van der Waals surface area (Å²) in [5.74, 6) is -0.680. The van der Waals surface area contributed by atoms with Gasteiger partial charge in [-0.3, -0.25) is 9.69 Å². The minimum absolute atomic E-state index is 0.637. The number of rotatable bonds is 2. The van der Waals surface area contributed by atoms with E-state index < -0.39 is 11.5 Å². The number of carbonyl (C=O) groups is 1. The molecule has 0 radical (unpaired) electrons. The van der Waals surface area contributed by atoms with E-state index in [2.05, 4.69) is 22.3 Å². The smallest absolute Gasteiger partial charge is 0.324 e. The van der Waals surface area contributed by atoms with Gasteiger partial charge in [0.15, 0.2) is 0 Å². The summed E-state index contributed by atoms with van der Waals surface area (Å²) in [5.41, 5.74) is 1.67. The van der Waals surface area contributed by atoms with E-state index in [1.165, 1.54) is 11.1 Å². The molecule has 1 aromatic carbocycles. The Labute approximate surface area is 107 Å². The largest absolute Gasteiger partial charge is 0.480 e. The van der Waals surface area contributed by atoms with Crippen molar-refractivity contribution in [2.24, 2.45) is 0 Å². The molecule has 1 aliphatic carbocycles. The lowest BCUT2D eigenvalue weighted by Gasteiger charge is -2.40. The van der Waals surface area contributed by atoms with Gasteiger partial charge in [-0.15, -0.1) is 0 Å². The summed E-state index contributed by atoms with van der Waals surface area (Å²) in [6.45, 7) is 3.40. The zero-order valence-electron chi connectivity index (χ0n) is 10.4. The van der Waals surface area contributed by atoms with E-state index in [0.29, 0.717) is 12.8 Å². The van der Waals surface area contributed by atoms with E-state index in [9.17, 15) is 9.90 Å². The van der Waals surface area contributed by atoms with Gasteiger partial charge in [-0.05, 0) is 11.1 Å². The van der Waals surface area contributed by atoms with Crippen LogP contribution in [0.3, 0.4) is 0 Å². The maximum Gasteiger partial charge on any atom is 0.324 e. The molecule has 4 nitrogen and oxygen atoms in total. The first-order valence-electron chi connectivity index (χ1n) is 6.48. The molecule has 1 heterocycles. The van der Waals surface area contributed by atoms with Crippen molar-refractivity contribution in [3.63, 3.8) is 0 Å². The Kier molecular flexibility index (Phi) is 2.84. The van der Waals surface area contributed by atoms with Crippen LogP contribution in [0.25, 0.3) is 0 Å². The molecule has 0 unspecified atom stereocenters. The molecule has 1 aromatic rings. The molecule has 0 atom stereocenters. The molecule has 96 valence electrons. The van der Waals surface area contributed by atoms with Gasteiger partial charge >= 0.3 is 5.97 Å². The summed E-state index contributed by atoms with van der Waals surface area (Å²) in [5, 5.41) is 13.0. The van der Waals surface area contributed by atoms with Crippen LogP contribution in [0.15, 0.2) is 24.3 Å². The van der Waals surface area contributed by atoms with Crippen LogP contribution in [0.4, 0.5) is 0 Å². The number of fused-ring (bicyclic) bond motifs is 1. The van der Waals surface area contributed by atoms with Crippen molar-refractivity contribution < 1.29 is 9.90 Å². The van der Waals surface area contributed by atoms with Gasteiger partial charge in [-0.25, -0.2) is 0 Å². The zero-order valence-corrected chi connectivity index (χ0v) is 10.4. The fraction of sp³-hybridized carbons (Fsp3) is 0.500. The lowest BCUT2D eigenvalue weighted by molar-refractivity contribution is -0.151. The lowest BCUT2D eigenvalue weighted by atomic mass is 9.92. The highest BCUT2D eigenvalue weighted by Crippen LogP contribution is 2.35. The van der Waals surface area contributed by atoms with Crippen LogP contribution in [0.5, 0.6) is 0 Å². The Hall–Kier alpha value is -1.39. The SMILES string of the molecule is O=C(O)C1(N2CCNCC2)Cc2ccccc2C1. The fourth-order valence-electron chi connectivity index (χ4n) is 3.20. The first-order valence-corrected chi connectivity index (χ1v) is 6.48. The van der Waals surface area contributed by atoms with Crippen molar-refractivity contribution >= 4 is 5.97 Å². The van der Waals surface area contributed by atoms with Gasteiger partial charge in [-0.1, -0.05) is 24.3 Å². The van der Waals surface area contributed by atoms with Crippen LogP contribution < -0.4 is 5.32 Å². The van der Waals surface area contributed by atoms with Gasteiger partial charge in [-0.2, -0.15) is 0 Å². The third-order valence-corrected chi connectivity index (χ3v) is 4.20. The van der Waals surface area contributed by atoms with Crippen LogP contribution in [-0.2, 0) is 17.6 Å². The minimum atomic E-state index is -0.716. The van der Waals surface area contributed by atoms with Crippen molar-refractivity contribution in [3.05, 3.63) is 35.4 Å². The molecule has 0 bridgehead atoms. The summed E-state index contributed by atoms with van der Waals surface area (Å²) in [6.07, 6.45) is 1.27. The number of nitrogens with zero attached hydrogens (tertiary/aromatic N) is 1. The number of nitrogens with one attached hydrogen (secondary N) is 1. The number of carboxylic acid groups (broad SMARTS) is 1. The second-order valence-electron chi connectivity index (χ2n) is 5.20. The molecule has 0 spiro atoms. The average Bonchev–Trinajstić information content (AvgIpc) is 2.80. The van der Waals surface area contributed by atoms with Gasteiger partial charge in [0.25, 0.3) is 0 Å². The van der Waals surface area contributed by atoms with Crippen LogP contribution >= 0.6 is 0 Å². The number of carboxylic acids is 1. The van der Waals surface area contributed by atoms with E-state index >= 15 is 0 Å². The summed E-state index contributed by atoms with van der Waals surface area (Å²) in [6, 6.07) is 8.10. The van der Waals surface area contributed by atoms with Gasteiger partial charge in [0.2, 0.25) is 0 Å². The highest BCUT2D eigenvalue weighted by Gasteiger charge is 2.48. The molecule has 0 aromatic heterocycles. The van der Waals surface area contributed by atoms with Crippen molar-refractivity contribution in [1.82, 2.24) is 10.2 Å². The number of hydrogen-bond acceptors (Lipinski definition) is 3. The Balaban J connectivity index is 1.93. The van der Waals surface area contributed by atoms with Crippen LogP contribution in [-0.4, -0.2) is 47.7 Å². The van der Waals surface area contributed by atoms with E-state index in [1.54, 1.807) is 0 Å². The van der Waals surface area contributed by atoms with Crippen molar-refractivity contribution in [3.8, 4) is 0 Å². The summed E-state index contributed by atoms with van der Waals surface area (Å²) >= 11 is 0. The van der Waals surface area contributed by atoms with Crippen molar-refractivity contribution in [1.29, 1.82) is 0 Å². The van der Waals surface area contributed by atoms with Gasteiger partial charge in [0.1, 0.15) is 5.54 Å². The minimum Gasteiger partial charge on any atom is -0.480 e. The monoisotopic (exact) mass is 246 g/mol. The molecule has 3 rings (SSSR count). The summed E-state index contributed by atoms with van der Waals surface area (Å²) in [7, 11) is 0. The number of benzene rings is 1. The topological polar surface area (TPSA) is 52.6 Å². The highest BCUT2D eigenvalue weighted by molar-refractivity contribution is 5.81. The molecule has 2 N–H and O–H groups in total. The number of aliphatic carboxylic acids is 1. The lowest BCUT2D eigenvalue weighted by Crippen LogP contribution is -2.61. The second-order valence-corrected chi connectivity index (χ2v) is 5.20. The molecule has 1 saturated heterocycles. The number of hydrogen-bond donors (Lipinski definition) is 2. The Bertz CT molecular complexity index is 442. The average molecular weight is 246 g/mol. The van der Waals surface area contributed by atoms with Crippen LogP contribution in [0.1, 0.15) is 11.1 Å². The van der Waals surface area contributed by atoms with E-state index in [-0.39, 0.29) is 0 Å². The maximum absolute atomic E-state index is 11.8. The molecular formula is C14H18N2O2. The van der Waals surface area contributed by atoms with Gasteiger partial charge < -0.3 is 10.4 Å². The summed E-state index contributed by atoms with van der Waals surface area (Å²) in [4.78, 5) is 14.0. The normalized spacial score (nSPS) is 22.7. The van der Waals surface area contributed by atoms with Gasteiger partial charge in [0, 0.05) is 39.0 Å². The number of piperazine rings is 1. The first-order chi connectivity index (χ1) is 8.72. The van der Waals surface area contributed by atoms with Crippen molar-refractivity contribution in [2.45, 2.75) is 18.4 Å². The highest BCUT2D eigenvalue weighted by atomic mass is 16.4. The zero-order chi connectivity index (χ0) is 12.6. The van der Waals surface area contributed by atoms with Gasteiger partial charge in [0.05, 0.1) is 0 Å². The fourth-order valence-corrected chi connectivity index (χ4v) is 3.20. The second kappa shape index (κ2) is 4.37. The third kappa shape index (κ3) is 1.72. The molecule has 1 aliphatic heterocycles. The Morgan fingerprint density at radius 1 is 1.17 bits per heavy atom. The molecule has 1 fully saturated rings.